The molecule has 6 heteroatoms. The Morgan fingerprint density at radius 2 is 2.17 bits per heavy atom. The summed E-state index contributed by atoms with van der Waals surface area (Å²) < 4.78 is 26.1. The lowest BCUT2D eigenvalue weighted by Gasteiger charge is -2.30. The monoisotopic (exact) mass is 271 g/mol. The minimum absolute atomic E-state index is 0.371. The Morgan fingerprint density at radius 1 is 1.44 bits per heavy atom. The number of aromatic nitrogens is 1. The van der Waals surface area contributed by atoms with E-state index in [0.717, 1.165) is 25.8 Å². The van der Waals surface area contributed by atoms with E-state index < -0.39 is 10.0 Å². The number of hydrogen-bond donors (Lipinski definition) is 2. The minimum atomic E-state index is -3.28. The average Bonchev–Trinajstić information content (AvgIpc) is 2.91. The number of H-pyrrole nitrogens is 1. The van der Waals surface area contributed by atoms with Gasteiger partial charge < -0.3 is 10.3 Å². The number of rotatable bonds is 5. The van der Waals surface area contributed by atoms with Gasteiger partial charge in [0.25, 0.3) is 0 Å². The first-order valence-electron chi connectivity index (χ1n) is 6.42. The third kappa shape index (κ3) is 2.93. The third-order valence-corrected chi connectivity index (χ3v) is 5.48. The van der Waals surface area contributed by atoms with Crippen LogP contribution in [0.25, 0.3) is 0 Å². The Balaban J connectivity index is 1.94. The summed E-state index contributed by atoms with van der Waals surface area (Å²) in [5, 5.41) is 3.14. The van der Waals surface area contributed by atoms with Gasteiger partial charge in [0.2, 0.25) is 10.0 Å². The molecule has 1 aromatic heterocycles. The first kappa shape index (κ1) is 13.6. The fourth-order valence-electron chi connectivity index (χ4n) is 2.40. The maximum atomic E-state index is 12.3. The molecule has 1 aromatic rings. The van der Waals surface area contributed by atoms with Crippen LogP contribution in [0.1, 0.15) is 19.3 Å². The highest BCUT2D eigenvalue weighted by Crippen LogP contribution is 2.25. The molecule has 1 saturated heterocycles. The number of hydrogen-bond acceptors (Lipinski definition) is 3. The van der Waals surface area contributed by atoms with E-state index in [1.165, 1.54) is 0 Å². The molecular formula is C12H21N3O2S. The van der Waals surface area contributed by atoms with Crippen LogP contribution in [-0.2, 0) is 10.0 Å². The fourth-order valence-corrected chi connectivity index (χ4v) is 3.85. The van der Waals surface area contributed by atoms with Gasteiger partial charge in [-0.2, -0.15) is 4.31 Å². The van der Waals surface area contributed by atoms with Gasteiger partial charge in [0.15, 0.2) is 0 Å². The number of nitrogens with zero attached hydrogens (tertiary/aromatic N) is 1. The Hall–Kier alpha value is -0.850. The van der Waals surface area contributed by atoms with Crippen molar-refractivity contribution in [2.24, 2.45) is 5.92 Å². The van der Waals surface area contributed by atoms with Gasteiger partial charge in [-0.25, -0.2) is 8.42 Å². The molecule has 0 aliphatic carbocycles. The van der Waals surface area contributed by atoms with Gasteiger partial charge in [-0.3, -0.25) is 0 Å². The predicted molar refractivity (Wildman–Crippen MR) is 70.8 cm³/mol. The second-order valence-electron chi connectivity index (χ2n) is 4.79. The molecule has 2 heterocycles. The van der Waals surface area contributed by atoms with E-state index in [2.05, 4.69) is 10.3 Å². The van der Waals surface area contributed by atoms with E-state index >= 15 is 0 Å². The molecule has 18 heavy (non-hydrogen) atoms. The molecule has 0 amide bonds. The SMILES string of the molecule is CNCCC1CCN(S(=O)(=O)c2cc[nH]c2)CC1. The maximum Gasteiger partial charge on any atom is 0.244 e. The van der Waals surface area contributed by atoms with Crippen molar-refractivity contribution in [2.45, 2.75) is 24.2 Å². The highest BCUT2D eigenvalue weighted by molar-refractivity contribution is 7.89. The van der Waals surface area contributed by atoms with E-state index in [4.69, 9.17) is 0 Å². The molecule has 0 spiro atoms. The Bertz CT molecular complexity index is 448. The zero-order chi connectivity index (χ0) is 13.0. The molecular weight excluding hydrogens is 250 g/mol. The zero-order valence-corrected chi connectivity index (χ0v) is 11.5. The Morgan fingerprint density at radius 3 is 2.72 bits per heavy atom. The molecule has 2 N–H and O–H groups in total. The maximum absolute atomic E-state index is 12.3. The molecule has 0 atom stereocenters. The number of sulfonamides is 1. The summed E-state index contributed by atoms with van der Waals surface area (Å²) in [6, 6.07) is 1.61. The summed E-state index contributed by atoms with van der Waals surface area (Å²) in [5.74, 6) is 0.648. The summed E-state index contributed by atoms with van der Waals surface area (Å²) in [6.45, 7) is 2.29. The highest BCUT2D eigenvalue weighted by atomic mass is 32.2. The van der Waals surface area contributed by atoms with E-state index in [-0.39, 0.29) is 0 Å². The van der Waals surface area contributed by atoms with Crippen LogP contribution < -0.4 is 5.32 Å². The van der Waals surface area contributed by atoms with Crippen LogP contribution >= 0.6 is 0 Å². The van der Waals surface area contributed by atoms with Crippen LogP contribution in [-0.4, -0.2) is 44.4 Å². The summed E-state index contributed by atoms with van der Waals surface area (Å²) >= 11 is 0. The van der Waals surface area contributed by atoms with Crippen molar-refractivity contribution in [1.29, 1.82) is 0 Å². The molecule has 2 rings (SSSR count). The second-order valence-corrected chi connectivity index (χ2v) is 6.72. The molecule has 0 radical (unpaired) electrons. The molecule has 0 saturated carbocycles. The van der Waals surface area contributed by atoms with Crippen molar-refractivity contribution in [3.8, 4) is 0 Å². The van der Waals surface area contributed by atoms with Gasteiger partial charge in [-0.1, -0.05) is 0 Å². The van der Waals surface area contributed by atoms with Gasteiger partial charge in [-0.05, 0) is 44.8 Å². The average molecular weight is 271 g/mol. The van der Waals surface area contributed by atoms with E-state index in [0.29, 0.717) is 23.9 Å². The summed E-state index contributed by atoms with van der Waals surface area (Å²) in [5.41, 5.74) is 0. The summed E-state index contributed by atoms with van der Waals surface area (Å²) in [7, 11) is -1.33. The van der Waals surface area contributed by atoms with Gasteiger partial charge in [0.1, 0.15) is 0 Å². The van der Waals surface area contributed by atoms with E-state index in [1.807, 2.05) is 7.05 Å². The second kappa shape index (κ2) is 5.86. The lowest BCUT2D eigenvalue weighted by Crippen LogP contribution is -2.38. The zero-order valence-electron chi connectivity index (χ0n) is 10.7. The quantitative estimate of drug-likeness (QED) is 0.840. The first-order chi connectivity index (χ1) is 8.64. The minimum Gasteiger partial charge on any atom is -0.366 e. The van der Waals surface area contributed by atoms with Gasteiger partial charge in [0, 0.05) is 25.5 Å². The fraction of sp³-hybridized carbons (Fsp3) is 0.667. The third-order valence-electron chi connectivity index (χ3n) is 3.58. The van der Waals surface area contributed by atoms with Crippen molar-refractivity contribution in [2.75, 3.05) is 26.7 Å². The van der Waals surface area contributed by atoms with Crippen LogP contribution in [0.2, 0.25) is 0 Å². The molecule has 0 bridgehead atoms. The summed E-state index contributed by atoms with van der Waals surface area (Å²) in [6.07, 6.45) is 6.25. The molecule has 1 aliphatic rings. The molecule has 0 unspecified atom stereocenters. The highest BCUT2D eigenvalue weighted by Gasteiger charge is 2.29. The standard InChI is InChI=1S/C12H21N3O2S/c1-13-6-2-11-4-8-15(9-5-11)18(16,17)12-3-7-14-10-12/h3,7,10-11,13-14H,2,4-6,8-9H2,1H3. The van der Waals surface area contributed by atoms with E-state index in [1.54, 1.807) is 22.8 Å². The molecule has 1 aliphatic heterocycles. The van der Waals surface area contributed by atoms with Crippen LogP contribution in [0.4, 0.5) is 0 Å². The van der Waals surface area contributed by atoms with Crippen LogP contribution in [0.3, 0.4) is 0 Å². The van der Waals surface area contributed by atoms with Crippen molar-refractivity contribution < 1.29 is 8.42 Å². The lowest BCUT2D eigenvalue weighted by molar-refractivity contribution is 0.263. The van der Waals surface area contributed by atoms with Gasteiger partial charge >= 0.3 is 0 Å². The van der Waals surface area contributed by atoms with E-state index in [9.17, 15) is 8.42 Å². The predicted octanol–water partition coefficient (Wildman–Crippen LogP) is 1.02. The van der Waals surface area contributed by atoms with Crippen molar-refractivity contribution in [1.82, 2.24) is 14.6 Å². The summed E-state index contributed by atoms with van der Waals surface area (Å²) in [4.78, 5) is 3.17. The lowest BCUT2D eigenvalue weighted by atomic mass is 9.95. The Labute approximate surface area is 109 Å². The normalized spacial score (nSPS) is 19.2. The number of nitrogens with one attached hydrogen (secondary N) is 2. The van der Waals surface area contributed by atoms with Gasteiger partial charge in [-0.15, -0.1) is 0 Å². The van der Waals surface area contributed by atoms with Crippen LogP contribution in [0.5, 0.6) is 0 Å². The number of piperidine rings is 1. The molecule has 5 nitrogen and oxygen atoms in total. The topological polar surface area (TPSA) is 65.2 Å². The molecule has 102 valence electrons. The number of aromatic amines is 1. The Kier molecular flexibility index (Phi) is 4.42. The largest absolute Gasteiger partial charge is 0.366 e. The van der Waals surface area contributed by atoms with Crippen molar-refractivity contribution in [3.63, 3.8) is 0 Å². The van der Waals surface area contributed by atoms with Gasteiger partial charge in [0.05, 0.1) is 4.90 Å². The molecule has 1 fully saturated rings. The smallest absolute Gasteiger partial charge is 0.244 e. The van der Waals surface area contributed by atoms with Crippen LogP contribution in [0.15, 0.2) is 23.4 Å². The van der Waals surface area contributed by atoms with Crippen LogP contribution in [0, 0.1) is 5.92 Å². The molecule has 0 aromatic carbocycles. The first-order valence-corrected chi connectivity index (χ1v) is 7.86. The van der Waals surface area contributed by atoms with Crippen molar-refractivity contribution >= 4 is 10.0 Å². The van der Waals surface area contributed by atoms with Crippen molar-refractivity contribution in [3.05, 3.63) is 18.5 Å².